The van der Waals surface area contributed by atoms with Gasteiger partial charge in [-0.1, -0.05) is 43.3 Å². The number of sulfonamides is 1. The molecule has 1 aliphatic rings. The Morgan fingerprint density at radius 1 is 0.967 bits per heavy atom. The first-order valence-electron chi connectivity index (χ1n) is 9.85. The quantitative estimate of drug-likeness (QED) is 0.561. The minimum atomic E-state index is -3.60. The van der Waals surface area contributed by atoms with Crippen molar-refractivity contribution in [3.63, 3.8) is 0 Å². The molecule has 0 aromatic heterocycles. The number of fused-ring (bicyclic) bond motifs is 1. The van der Waals surface area contributed by atoms with Gasteiger partial charge in [0.1, 0.15) is 0 Å². The first kappa shape index (κ1) is 20.4. The van der Waals surface area contributed by atoms with Crippen molar-refractivity contribution in [3.05, 3.63) is 83.9 Å². The number of hydrogen-bond acceptors (Lipinski definition) is 3. The molecule has 0 spiro atoms. The molecule has 0 saturated carbocycles. The van der Waals surface area contributed by atoms with Crippen LogP contribution in [0.4, 0.5) is 17.1 Å². The number of nitrogens with one attached hydrogen (secondary N) is 2. The van der Waals surface area contributed by atoms with E-state index < -0.39 is 10.0 Å². The molecule has 3 aromatic carbocycles. The maximum Gasteiger partial charge on any atom is 0.264 e. The lowest BCUT2D eigenvalue weighted by molar-refractivity contribution is 0.592. The van der Waals surface area contributed by atoms with Gasteiger partial charge in [-0.3, -0.25) is 4.31 Å². The minimum absolute atomic E-state index is 0.264. The first-order valence-corrected chi connectivity index (χ1v) is 11.7. The Labute approximate surface area is 182 Å². The van der Waals surface area contributed by atoms with Crippen LogP contribution < -0.4 is 14.9 Å². The average Bonchev–Trinajstić information content (AvgIpc) is 3.19. The Morgan fingerprint density at radius 3 is 2.43 bits per heavy atom. The van der Waals surface area contributed by atoms with Crippen molar-refractivity contribution in [3.8, 4) is 0 Å². The molecule has 0 amide bonds. The molecule has 0 radical (unpaired) electrons. The van der Waals surface area contributed by atoms with E-state index in [0.717, 1.165) is 35.5 Å². The van der Waals surface area contributed by atoms with Gasteiger partial charge in [0.2, 0.25) is 0 Å². The van der Waals surface area contributed by atoms with Gasteiger partial charge in [-0.25, -0.2) is 8.42 Å². The number of benzene rings is 3. The van der Waals surface area contributed by atoms with E-state index in [1.54, 1.807) is 24.3 Å². The Kier molecular flexibility index (Phi) is 5.74. The van der Waals surface area contributed by atoms with Crippen LogP contribution in [0.25, 0.3) is 0 Å². The Hall–Kier alpha value is -2.90. The second kappa shape index (κ2) is 8.45. The number of thiocarbonyl (C=S) groups is 1. The van der Waals surface area contributed by atoms with Crippen LogP contribution >= 0.6 is 12.2 Å². The highest BCUT2D eigenvalue weighted by Crippen LogP contribution is 2.32. The molecule has 1 aliphatic heterocycles. The van der Waals surface area contributed by atoms with Gasteiger partial charge in [-0.15, -0.1) is 0 Å². The molecule has 1 heterocycles. The third-order valence-electron chi connectivity index (χ3n) is 5.19. The van der Waals surface area contributed by atoms with Crippen molar-refractivity contribution in [2.24, 2.45) is 0 Å². The second-order valence-electron chi connectivity index (χ2n) is 7.07. The lowest BCUT2D eigenvalue weighted by Gasteiger charge is -2.20. The molecular formula is C23H23N3O2S2. The van der Waals surface area contributed by atoms with E-state index in [1.165, 1.54) is 9.87 Å². The molecule has 0 saturated heterocycles. The summed E-state index contributed by atoms with van der Waals surface area (Å²) in [5.74, 6) is 0. The molecule has 3 aromatic rings. The average molecular weight is 438 g/mol. The molecular weight excluding hydrogens is 414 g/mol. The number of anilines is 3. The summed E-state index contributed by atoms with van der Waals surface area (Å²) in [5.41, 5.74) is 4.68. The summed E-state index contributed by atoms with van der Waals surface area (Å²) < 4.78 is 27.7. The van der Waals surface area contributed by atoms with E-state index in [2.05, 4.69) is 23.6 Å². The van der Waals surface area contributed by atoms with Gasteiger partial charge in [-0.2, -0.15) is 0 Å². The van der Waals surface area contributed by atoms with Crippen molar-refractivity contribution >= 4 is 44.4 Å². The molecule has 0 atom stereocenters. The van der Waals surface area contributed by atoms with Crippen molar-refractivity contribution < 1.29 is 8.42 Å². The predicted octanol–water partition coefficient (Wildman–Crippen LogP) is 4.81. The normalized spacial score (nSPS) is 13.0. The van der Waals surface area contributed by atoms with Crippen LogP contribution in [0.2, 0.25) is 0 Å². The van der Waals surface area contributed by atoms with Crippen molar-refractivity contribution in [1.82, 2.24) is 0 Å². The summed E-state index contributed by atoms with van der Waals surface area (Å²) in [7, 11) is -3.60. The first-order chi connectivity index (χ1) is 14.5. The van der Waals surface area contributed by atoms with Crippen LogP contribution in [0.1, 0.15) is 18.1 Å². The van der Waals surface area contributed by atoms with E-state index in [1.807, 2.05) is 42.5 Å². The summed E-state index contributed by atoms with van der Waals surface area (Å²) in [6, 6.07) is 22.3. The van der Waals surface area contributed by atoms with Crippen LogP contribution in [0, 0.1) is 0 Å². The van der Waals surface area contributed by atoms with Gasteiger partial charge >= 0.3 is 0 Å². The lowest BCUT2D eigenvalue weighted by atomic mass is 10.1. The van der Waals surface area contributed by atoms with E-state index in [4.69, 9.17) is 12.2 Å². The maximum atomic E-state index is 13.1. The third-order valence-corrected chi connectivity index (χ3v) is 7.22. The zero-order valence-corrected chi connectivity index (χ0v) is 18.3. The molecule has 0 fully saturated rings. The number of hydrogen-bond donors (Lipinski definition) is 2. The fourth-order valence-electron chi connectivity index (χ4n) is 3.63. The topological polar surface area (TPSA) is 61.4 Å². The van der Waals surface area contributed by atoms with Crippen LogP contribution in [0.3, 0.4) is 0 Å². The largest absolute Gasteiger partial charge is 0.332 e. The molecule has 5 nitrogen and oxygen atoms in total. The molecule has 30 heavy (non-hydrogen) atoms. The van der Waals surface area contributed by atoms with Crippen molar-refractivity contribution in [2.75, 3.05) is 21.5 Å². The van der Waals surface area contributed by atoms with E-state index in [-0.39, 0.29) is 4.90 Å². The Morgan fingerprint density at radius 2 is 1.67 bits per heavy atom. The smallest absolute Gasteiger partial charge is 0.264 e. The summed E-state index contributed by atoms with van der Waals surface area (Å²) in [5, 5.41) is 6.78. The molecule has 0 aliphatic carbocycles. The van der Waals surface area contributed by atoms with Gasteiger partial charge in [0.15, 0.2) is 5.11 Å². The minimum Gasteiger partial charge on any atom is -0.332 e. The highest BCUT2D eigenvalue weighted by Gasteiger charge is 2.30. The van der Waals surface area contributed by atoms with Crippen LogP contribution in [0.15, 0.2) is 77.7 Å². The summed E-state index contributed by atoms with van der Waals surface area (Å²) in [4.78, 5) is 0.264. The van der Waals surface area contributed by atoms with E-state index in [9.17, 15) is 8.42 Å². The Bertz CT molecular complexity index is 1180. The van der Waals surface area contributed by atoms with Crippen molar-refractivity contribution in [1.29, 1.82) is 0 Å². The zero-order valence-electron chi connectivity index (χ0n) is 16.6. The van der Waals surface area contributed by atoms with Crippen LogP contribution in [-0.2, 0) is 22.9 Å². The third kappa shape index (κ3) is 4.04. The molecule has 2 N–H and O–H groups in total. The summed E-state index contributed by atoms with van der Waals surface area (Å²) >= 11 is 5.41. The Balaban J connectivity index is 1.47. The van der Waals surface area contributed by atoms with Crippen LogP contribution in [-0.4, -0.2) is 20.1 Å². The van der Waals surface area contributed by atoms with Gasteiger partial charge in [0.25, 0.3) is 10.0 Å². The predicted molar refractivity (Wildman–Crippen MR) is 127 cm³/mol. The monoisotopic (exact) mass is 437 g/mol. The molecule has 154 valence electrons. The van der Waals surface area contributed by atoms with Crippen LogP contribution in [0.5, 0.6) is 0 Å². The standard InChI is InChI=1S/C23H23N3O2S2/c1-2-17-7-3-5-9-21(17)25-23(29)24-19-11-13-20(14-12-19)30(27,28)26-16-15-18-8-4-6-10-22(18)26/h3-14H,2,15-16H2,1H3,(H2,24,25,29). The second-order valence-corrected chi connectivity index (χ2v) is 9.34. The van der Waals surface area contributed by atoms with Gasteiger partial charge < -0.3 is 10.6 Å². The van der Waals surface area contributed by atoms with Crippen molar-refractivity contribution in [2.45, 2.75) is 24.7 Å². The lowest BCUT2D eigenvalue weighted by Crippen LogP contribution is -2.29. The fraction of sp³-hybridized carbons (Fsp3) is 0.174. The number of rotatable bonds is 5. The van der Waals surface area contributed by atoms with Gasteiger partial charge in [-0.05, 0) is 72.6 Å². The molecule has 0 unspecified atom stereocenters. The van der Waals surface area contributed by atoms with E-state index >= 15 is 0 Å². The maximum absolute atomic E-state index is 13.1. The number of para-hydroxylation sites is 2. The number of nitrogens with zero attached hydrogens (tertiary/aromatic N) is 1. The van der Waals surface area contributed by atoms with Gasteiger partial charge in [0, 0.05) is 17.9 Å². The molecule has 0 bridgehead atoms. The summed E-state index contributed by atoms with van der Waals surface area (Å²) in [6.07, 6.45) is 1.63. The van der Waals surface area contributed by atoms with E-state index in [0.29, 0.717) is 11.7 Å². The fourth-order valence-corrected chi connectivity index (χ4v) is 5.36. The van der Waals surface area contributed by atoms with Gasteiger partial charge in [0.05, 0.1) is 10.6 Å². The molecule has 7 heteroatoms. The zero-order chi connectivity index (χ0) is 21.1. The summed E-state index contributed by atoms with van der Waals surface area (Å²) in [6.45, 7) is 2.56. The number of aryl methyl sites for hydroxylation is 1. The molecule has 4 rings (SSSR count). The SMILES string of the molecule is CCc1ccccc1NC(=S)Nc1ccc(S(=O)(=O)N2CCc3ccccc32)cc1. The highest BCUT2D eigenvalue weighted by atomic mass is 32.2. The highest BCUT2D eigenvalue weighted by molar-refractivity contribution is 7.92.